The highest BCUT2D eigenvalue weighted by atomic mass is 35.5. The monoisotopic (exact) mass is 362 g/mol. The van der Waals surface area contributed by atoms with Gasteiger partial charge in [-0.2, -0.15) is 4.68 Å². The van der Waals surface area contributed by atoms with Crippen LogP contribution in [0.3, 0.4) is 0 Å². The molecule has 3 aromatic rings. The maximum absolute atomic E-state index is 6.04. The fourth-order valence-electron chi connectivity index (χ4n) is 2.18. The lowest BCUT2D eigenvalue weighted by Gasteiger charge is -2.10. The molecule has 1 heterocycles. The lowest BCUT2D eigenvalue weighted by molar-refractivity contribution is 0.400. The summed E-state index contributed by atoms with van der Waals surface area (Å²) in [6, 6.07) is 13.1. The quantitative estimate of drug-likeness (QED) is 0.624. The van der Waals surface area contributed by atoms with E-state index in [0.29, 0.717) is 15.9 Å². The predicted octanol–water partition coefficient (Wildman–Crippen LogP) is 3.63. The topological polar surface area (TPSA) is 62.1 Å². The highest BCUT2D eigenvalue weighted by Crippen LogP contribution is 2.30. The van der Waals surface area contributed by atoms with Crippen LogP contribution in [0.15, 0.2) is 47.6 Å². The Hall–Kier alpha value is -2.25. The van der Waals surface area contributed by atoms with Gasteiger partial charge in [0.15, 0.2) is 0 Å². The van der Waals surface area contributed by atoms with Gasteiger partial charge in [-0.25, -0.2) is 0 Å². The number of benzene rings is 2. The lowest BCUT2D eigenvalue weighted by Crippen LogP contribution is -1.99. The molecule has 124 valence electrons. The van der Waals surface area contributed by atoms with Crippen LogP contribution in [0.25, 0.3) is 5.69 Å². The van der Waals surface area contributed by atoms with Crippen molar-refractivity contribution in [1.82, 2.24) is 20.2 Å². The molecule has 6 nitrogen and oxygen atoms in total. The minimum atomic E-state index is 0.633. The third kappa shape index (κ3) is 3.63. The first-order chi connectivity index (χ1) is 11.7. The third-order valence-corrected chi connectivity index (χ3v) is 4.54. The van der Waals surface area contributed by atoms with Gasteiger partial charge in [0.2, 0.25) is 5.16 Å². The van der Waals surface area contributed by atoms with Gasteiger partial charge in [-0.3, -0.25) is 0 Å². The first kappa shape index (κ1) is 16.6. The Morgan fingerprint density at radius 3 is 2.75 bits per heavy atom. The summed E-state index contributed by atoms with van der Waals surface area (Å²) in [6.07, 6.45) is 0. The SMILES string of the molecule is COc1ccc(OC)c(CSc2nnnn2-c2cccc(Cl)c2)c1. The molecule has 0 unspecified atom stereocenters. The van der Waals surface area contributed by atoms with Crippen LogP contribution in [-0.4, -0.2) is 34.4 Å². The standard InChI is InChI=1S/C16H15ClN4O2S/c1-22-14-6-7-15(23-2)11(8-14)10-24-16-18-19-20-21(16)13-5-3-4-12(17)9-13/h3-9H,10H2,1-2H3. The van der Waals surface area contributed by atoms with Gasteiger partial charge in [0.1, 0.15) is 11.5 Å². The van der Waals surface area contributed by atoms with Gasteiger partial charge in [-0.05, 0) is 46.8 Å². The number of aromatic nitrogens is 4. The molecular formula is C16H15ClN4O2S. The van der Waals surface area contributed by atoms with Crippen molar-refractivity contribution in [3.8, 4) is 17.2 Å². The van der Waals surface area contributed by atoms with Gasteiger partial charge >= 0.3 is 0 Å². The average molecular weight is 363 g/mol. The molecule has 0 bridgehead atoms. The summed E-state index contributed by atoms with van der Waals surface area (Å²) in [5.74, 6) is 2.22. The Bertz CT molecular complexity index is 840. The van der Waals surface area contributed by atoms with E-state index in [0.717, 1.165) is 22.7 Å². The maximum atomic E-state index is 6.04. The molecule has 0 N–H and O–H groups in total. The predicted molar refractivity (Wildman–Crippen MR) is 93.3 cm³/mol. The summed E-state index contributed by atoms with van der Waals surface area (Å²) in [7, 11) is 3.28. The van der Waals surface area contributed by atoms with Crippen molar-refractivity contribution in [3.05, 3.63) is 53.1 Å². The van der Waals surface area contributed by atoms with Gasteiger partial charge in [0, 0.05) is 16.3 Å². The fourth-order valence-corrected chi connectivity index (χ4v) is 3.23. The molecule has 8 heteroatoms. The molecule has 0 aliphatic carbocycles. The summed E-state index contributed by atoms with van der Waals surface area (Å²) in [5.41, 5.74) is 1.81. The van der Waals surface area contributed by atoms with Gasteiger partial charge in [0.25, 0.3) is 0 Å². The van der Waals surface area contributed by atoms with Crippen LogP contribution in [0.2, 0.25) is 5.02 Å². The van der Waals surface area contributed by atoms with Crippen molar-refractivity contribution in [2.45, 2.75) is 10.9 Å². The molecule has 0 saturated carbocycles. The van der Waals surface area contributed by atoms with Crippen LogP contribution in [0.5, 0.6) is 11.5 Å². The Morgan fingerprint density at radius 1 is 1.12 bits per heavy atom. The molecule has 24 heavy (non-hydrogen) atoms. The normalized spacial score (nSPS) is 10.6. The van der Waals surface area contributed by atoms with E-state index in [2.05, 4.69) is 15.5 Å². The first-order valence-corrected chi connectivity index (χ1v) is 8.45. The van der Waals surface area contributed by atoms with Crippen molar-refractivity contribution < 1.29 is 9.47 Å². The second-order valence-corrected chi connectivity index (χ2v) is 6.20. The minimum Gasteiger partial charge on any atom is -0.497 e. The van der Waals surface area contributed by atoms with E-state index >= 15 is 0 Å². The third-order valence-electron chi connectivity index (χ3n) is 3.34. The molecule has 0 fully saturated rings. The van der Waals surface area contributed by atoms with E-state index in [1.54, 1.807) is 18.9 Å². The molecule has 2 aromatic carbocycles. The second kappa shape index (κ2) is 7.55. The summed E-state index contributed by atoms with van der Waals surface area (Å²) < 4.78 is 12.3. The van der Waals surface area contributed by atoms with Gasteiger partial charge < -0.3 is 9.47 Å². The number of ether oxygens (including phenoxy) is 2. The molecule has 0 aliphatic heterocycles. The highest BCUT2D eigenvalue weighted by molar-refractivity contribution is 7.98. The average Bonchev–Trinajstić information content (AvgIpc) is 3.08. The van der Waals surface area contributed by atoms with E-state index in [4.69, 9.17) is 21.1 Å². The van der Waals surface area contributed by atoms with Crippen LogP contribution in [-0.2, 0) is 5.75 Å². The number of nitrogens with zero attached hydrogens (tertiary/aromatic N) is 4. The van der Waals surface area contributed by atoms with Crippen LogP contribution in [0.4, 0.5) is 0 Å². The van der Waals surface area contributed by atoms with E-state index < -0.39 is 0 Å². The molecular weight excluding hydrogens is 348 g/mol. The van der Waals surface area contributed by atoms with Crippen LogP contribution in [0, 0.1) is 0 Å². The zero-order valence-corrected chi connectivity index (χ0v) is 14.7. The number of hydrogen-bond acceptors (Lipinski definition) is 6. The van der Waals surface area contributed by atoms with Crippen LogP contribution < -0.4 is 9.47 Å². The van der Waals surface area contributed by atoms with Gasteiger partial charge in [0.05, 0.1) is 19.9 Å². The van der Waals surface area contributed by atoms with E-state index in [1.165, 1.54) is 11.8 Å². The lowest BCUT2D eigenvalue weighted by atomic mass is 10.2. The largest absolute Gasteiger partial charge is 0.497 e. The van der Waals surface area contributed by atoms with Crippen molar-refractivity contribution in [2.75, 3.05) is 14.2 Å². The summed E-state index contributed by atoms with van der Waals surface area (Å²) in [6.45, 7) is 0. The summed E-state index contributed by atoms with van der Waals surface area (Å²) >= 11 is 7.55. The van der Waals surface area contributed by atoms with E-state index in [1.807, 2.05) is 42.5 Å². The number of hydrogen-bond donors (Lipinski definition) is 0. The zero-order chi connectivity index (χ0) is 16.9. The first-order valence-electron chi connectivity index (χ1n) is 7.09. The van der Waals surface area contributed by atoms with Crippen molar-refractivity contribution in [2.24, 2.45) is 0 Å². The van der Waals surface area contributed by atoms with Crippen LogP contribution >= 0.6 is 23.4 Å². The molecule has 0 aliphatic rings. The van der Waals surface area contributed by atoms with Crippen molar-refractivity contribution >= 4 is 23.4 Å². The molecule has 3 rings (SSSR count). The summed E-state index contributed by atoms with van der Waals surface area (Å²) in [4.78, 5) is 0. The number of halogens is 1. The molecule has 0 atom stereocenters. The van der Waals surface area contributed by atoms with E-state index in [9.17, 15) is 0 Å². The van der Waals surface area contributed by atoms with Crippen LogP contribution in [0.1, 0.15) is 5.56 Å². The fraction of sp³-hybridized carbons (Fsp3) is 0.188. The highest BCUT2D eigenvalue weighted by Gasteiger charge is 2.12. The Labute approximate surface area is 148 Å². The molecule has 0 radical (unpaired) electrons. The number of rotatable bonds is 6. The van der Waals surface area contributed by atoms with Gasteiger partial charge in [-0.1, -0.05) is 29.4 Å². The summed E-state index contributed by atoms with van der Waals surface area (Å²) in [5, 5.41) is 13.2. The number of methoxy groups -OCH3 is 2. The number of tetrazole rings is 1. The maximum Gasteiger partial charge on any atom is 0.214 e. The second-order valence-electron chi connectivity index (χ2n) is 4.82. The number of thioether (sulfide) groups is 1. The Kier molecular flexibility index (Phi) is 5.22. The smallest absolute Gasteiger partial charge is 0.214 e. The van der Waals surface area contributed by atoms with Crippen molar-refractivity contribution in [3.63, 3.8) is 0 Å². The minimum absolute atomic E-state index is 0.633. The molecule has 0 saturated heterocycles. The molecule has 0 spiro atoms. The Balaban J connectivity index is 1.83. The van der Waals surface area contributed by atoms with E-state index in [-0.39, 0.29) is 0 Å². The zero-order valence-electron chi connectivity index (χ0n) is 13.1. The molecule has 1 aromatic heterocycles. The van der Waals surface area contributed by atoms with Gasteiger partial charge in [-0.15, -0.1) is 5.10 Å². The molecule has 0 amide bonds. The Morgan fingerprint density at radius 2 is 2.00 bits per heavy atom. The van der Waals surface area contributed by atoms with Crippen molar-refractivity contribution in [1.29, 1.82) is 0 Å².